The summed E-state index contributed by atoms with van der Waals surface area (Å²) in [6.45, 7) is 3.82. The molecule has 3 rings (SSSR count). The van der Waals surface area contributed by atoms with Crippen LogP contribution in [-0.2, 0) is 7.05 Å². The third-order valence-corrected chi connectivity index (χ3v) is 3.47. The predicted octanol–water partition coefficient (Wildman–Crippen LogP) is 3.72. The smallest absolute Gasteiger partial charge is 0.277 e. The van der Waals surface area contributed by atoms with Crippen molar-refractivity contribution in [3.63, 3.8) is 0 Å². The molecule has 6 nitrogen and oxygen atoms in total. The summed E-state index contributed by atoms with van der Waals surface area (Å²) in [6, 6.07) is 5.76. The lowest BCUT2D eigenvalue weighted by molar-refractivity contribution is 0.416. The van der Waals surface area contributed by atoms with E-state index in [1.165, 1.54) is 0 Å². The summed E-state index contributed by atoms with van der Waals surface area (Å²) < 4.78 is 6.91. The lowest BCUT2D eigenvalue weighted by atomic mass is 10.1. The largest absolute Gasteiger partial charge is 0.496 e. The number of rotatable bonds is 2. The molecule has 23 heavy (non-hydrogen) atoms. The standard InChI is InChI=1S/C15H16N4O2.I2/c1-8-5-6-11(21-4)10(7-8)14-16-12-9(2)18-19(3)13(12)15(20)17-14;1-2/h5-7H,1-4H3,(H,16,17,20);. The van der Waals surface area contributed by atoms with E-state index in [4.69, 9.17) is 4.74 Å². The molecule has 0 amide bonds. The summed E-state index contributed by atoms with van der Waals surface area (Å²) in [6.07, 6.45) is 0. The molecule has 2 heterocycles. The maximum absolute atomic E-state index is 12.3. The van der Waals surface area contributed by atoms with Gasteiger partial charge in [-0.1, -0.05) is 11.6 Å². The van der Waals surface area contributed by atoms with Gasteiger partial charge in [-0.05, 0) is 26.0 Å². The Morgan fingerprint density at radius 2 is 1.96 bits per heavy atom. The van der Waals surface area contributed by atoms with Crippen molar-refractivity contribution < 1.29 is 4.74 Å². The van der Waals surface area contributed by atoms with Crippen LogP contribution >= 0.6 is 37.2 Å². The molecule has 3 aromatic rings. The van der Waals surface area contributed by atoms with Crippen LogP contribution in [-0.4, -0.2) is 26.9 Å². The minimum Gasteiger partial charge on any atom is -0.496 e. The Bertz CT molecular complexity index is 902. The third-order valence-electron chi connectivity index (χ3n) is 3.47. The number of methoxy groups -OCH3 is 1. The molecule has 0 spiro atoms. The zero-order chi connectivity index (χ0) is 17.1. The monoisotopic (exact) mass is 538 g/mol. The zero-order valence-electron chi connectivity index (χ0n) is 13.1. The molecule has 0 radical (unpaired) electrons. The van der Waals surface area contributed by atoms with Gasteiger partial charge in [-0.2, -0.15) is 5.10 Å². The van der Waals surface area contributed by atoms with Gasteiger partial charge in [0.2, 0.25) is 0 Å². The Morgan fingerprint density at radius 3 is 2.61 bits per heavy atom. The Balaban J connectivity index is 0.000000924. The number of H-pyrrole nitrogens is 1. The van der Waals surface area contributed by atoms with E-state index in [0.29, 0.717) is 22.6 Å². The normalized spacial score (nSPS) is 10.3. The van der Waals surface area contributed by atoms with Crippen LogP contribution in [0, 0.1) is 13.8 Å². The summed E-state index contributed by atoms with van der Waals surface area (Å²) in [7, 11) is 3.33. The summed E-state index contributed by atoms with van der Waals surface area (Å²) >= 11 is 4.24. The van der Waals surface area contributed by atoms with Gasteiger partial charge in [0.15, 0.2) is 5.52 Å². The maximum Gasteiger partial charge on any atom is 0.277 e. The van der Waals surface area contributed by atoms with Crippen LogP contribution in [0.25, 0.3) is 22.4 Å². The average Bonchev–Trinajstić information content (AvgIpc) is 2.84. The molecule has 0 aliphatic carbocycles. The number of hydrogen-bond donors (Lipinski definition) is 1. The van der Waals surface area contributed by atoms with Crippen LogP contribution < -0.4 is 10.3 Å². The highest BCUT2D eigenvalue weighted by Gasteiger charge is 2.15. The summed E-state index contributed by atoms with van der Waals surface area (Å²) in [5.74, 6) is 1.16. The zero-order valence-corrected chi connectivity index (χ0v) is 17.5. The molecule has 1 aromatic carbocycles. The quantitative estimate of drug-likeness (QED) is 0.506. The number of aryl methyl sites for hydroxylation is 3. The summed E-state index contributed by atoms with van der Waals surface area (Å²) in [4.78, 5) is 19.7. The molecule has 2 aromatic heterocycles. The topological polar surface area (TPSA) is 72.8 Å². The number of fused-ring (bicyclic) bond motifs is 1. The number of aromatic nitrogens is 4. The first kappa shape index (κ1) is 18.2. The van der Waals surface area contributed by atoms with Gasteiger partial charge in [-0.25, -0.2) is 4.98 Å². The fourth-order valence-corrected chi connectivity index (χ4v) is 2.48. The Kier molecular flexibility index (Phi) is 6.00. The van der Waals surface area contributed by atoms with E-state index in [0.717, 1.165) is 16.8 Å². The first-order chi connectivity index (χ1) is 11.0. The first-order valence-electron chi connectivity index (χ1n) is 6.74. The van der Waals surface area contributed by atoms with E-state index < -0.39 is 0 Å². The Hall–Kier alpha value is -1.17. The van der Waals surface area contributed by atoms with Gasteiger partial charge in [0, 0.05) is 44.3 Å². The molecule has 0 unspecified atom stereocenters. The summed E-state index contributed by atoms with van der Waals surface area (Å²) in [5, 5.41) is 4.25. The first-order valence-corrected chi connectivity index (χ1v) is 13.0. The Morgan fingerprint density at radius 1 is 1.26 bits per heavy atom. The van der Waals surface area contributed by atoms with Gasteiger partial charge in [0.1, 0.15) is 17.1 Å². The molecular weight excluding hydrogens is 522 g/mol. The van der Waals surface area contributed by atoms with Gasteiger partial charge < -0.3 is 9.72 Å². The number of nitrogens with one attached hydrogen (secondary N) is 1. The van der Waals surface area contributed by atoms with Crippen molar-refractivity contribution in [2.75, 3.05) is 7.11 Å². The van der Waals surface area contributed by atoms with E-state index in [1.807, 2.05) is 32.0 Å². The number of aromatic amines is 1. The van der Waals surface area contributed by atoms with Crippen LogP contribution in [0.15, 0.2) is 23.0 Å². The molecule has 0 aliphatic rings. The van der Waals surface area contributed by atoms with Crippen molar-refractivity contribution in [3.05, 3.63) is 39.8 Å². The Labute approximate surface area is 157 Å². The summed E-state index contributed by atoms with van der Waals surface area (Å²) in [5.41, 5.74) is 3.44. The fourth-order valence-electron chi connectivity index (χ4n) is 2.48. The van der Waals surface area contributed by atoms with Crippen molar-refractivity contribution in [2.24, 2.45) is 7.05 Å². The van der Waals surface area contributed by atoms with Gasteiger partial charge in [0.05, 0.1) is 18.4 Å². The molecular formula is C15H16I2N4O2. The van der Waals surface area contributed by atoms with E-state index >= 15 is 0 Å². The van der Waals surface area contributed by atoms with E-state index in [9.17, 15) is 4.79 Å². The van der Waals surface area contributed by atoms with E-state index in [1.54, 1.807) is 18.8 Å². The average molecular weight is 538 g/mol. The van der Waals surface area contributed by atoms with Crippen LogP contribution in [0.1, 0.15) is 11.3 Å². The molecule has 0 atom stereocenters. The van der Waals surface area contributed by atoms with Crippen molar-refractivity contribution in [2.45, 2.75) is 13.8 Å². The van der Waals surface area contributed by atoms with E-state index in [-0.39, 0.29) is 5.56 Å². The number of benzene rings is 1. The van der Waals surface area contributed by atoms with Crippen LogP contribution in [0.4, 0.5) is 0 Å². The molecule has 0 aliphatic heterocycles. The number of nitrogens with zero attached hydrogens (tertiary/aromatic N) is 3. The van der Waals surface area contributed by atoms with Crippen molar-refractivity contribution in [1.29, 1.82) is 0 Å². The predicted molar refractivity (Wildman–Crippen MR) is 109 cm³/mol. The number of ether oxygens (including phenoxy) is 1. The molecule has 1 N–H and O–H groups in total. The second kappa shape index (κ2) is 7.60. The highest BCUT2D eigenvalue weighted by molar-refractivity contribution is 15.0. The molecule has 0 saturated carbocycles. The number of halogens is 2. The van der Waals surface area contributed by atoms with Gasteiger partial charge >= 0.3 is 0 Å². The maximum atomic E-state index is 12.3. The molecule has 0 bridgehead atoms. The van der Waals surface area contributed by atoms with Crippen molar-refractivity contribution in [1.82, 2.24) is 19.7 Å². The molecule has 122 valence electrons. The third kappa shape index (κ3) is 3.52. The lowest BCUT2D eigenvalue weighted by Gasteiger charge is -2.09. The molecule has 8 heteroatoms. The highest BCUT2D eigenvalue weighted by atomic mass is 128. The second-order valence-electron chi connectivity index (χ2n) is 5.02. The van der Waals surface area contributed by atoms with Gasteiger partial charge in [-0.3, -0.25) is 9.48 Å². The van der Waals surface area contributed by atoms with Gasteiger partial charge in [0.25, 0.3) is 5.56 Å². The second-order valence-corrected chi connectivity index (χ2v) is 5.02. The minimum absolute atomic E-state index is 0.207. The van der Waals surface area contributed by atoms with Crippen molar-refractivity contribution in [3.8, 4) is 17.1 Å². The fraction of sp³-hybridized carbons (Fsp3) is 0.267. The number of hydrogen-bond acceptors (Lipinski definition) is 4. The van der Waals surface area contributed by atoms with Crippen LogP contribution in [0.2, 0.25) is 0 Å². The minimum atomic E-state index is -0.207. The van der Waals surface area contributed by atoms with Crippen LogP contribution in [0.5, 0.6) is 5.75 Å². The highest BCUT2D eigenvalue weighted by Crippen LogP contribution is 2.28. The SMILES string of the molecule is COc1ccc(C)cc1-c1nc2c(C)nn(C)c2c(=O)[nH]1.II. The van der Waals surface area contributed by atoms with Crippen LogP contribution in [0.3, 0.4) is 0 Å². The van der Waals surface area contributed by atoms with E-state index in [2.05, 4.69) is 52.3 Å². The van der Waals surface area contributed by atoms with Gasteiger partial charge in [-0.15, -0.1) is 0 Å². The molecule has 0 saturated heterocycles. The molecule has 0 fully saturated rings. The lowest BCUT2D eigenvalue weighted by Crippen LogP contribution is -2.12. The van der Waals surface area contributed by atoms with Crippen molar-refractivity contribution >= 4 is 48.3 Å².